The minimum absolute atomic E-state index is 0.0107. The smallest absolute Gasteiger partial charge is 0.333 e. The zero-order valence-corrected chi connectivity index (χ0v) is 15.6. The molecule has 0 aromatic carbocycles. The lowest BCUT2D eigenvalue weighted by Gasteiger charge is -2.25. The third kappa shape index (κ3) is 4.68. The first kappa shape index (κ1) is 19.4. The summed E-state index contributed by atoms with van der Waals surface area (Å²) in [7, 11) is 0. The Kier molecular flexibility index (Phi) is 6.15. The lowest BCUT2D eigenvalue weighted by Crippen LogP contribution is -2.38. The number of aryl methyl sites for hydroxylation is 1. The van der Waals surface area contributed by atoms with Gasteiger partial charge in [-0.3, -0.25) is 9.78 Å². The van der Waals surface area contributed by atoms with Crippen molar-refractivity contribution >= 4 is 5.91 Å². The van der Waals surface area contributed by atoms with Crippen molar-refractivity contribution in [3.05, 3.63) is 47.0 Å². The molecule has 1 atom stereocenters. The molecule has 0 saturated carbocycles. The van der Waals surface area contributed by atoms with Gasteiger partial charge in [0.05, 0.1) is 18.2 Å². The molecule has 1 amide bonds. The molecule has 146 valence electrons. The van der Waals surface area contributed by atoms with E-state index in [1.807, 2.05) is 12.1 Å². The van der Waals surface area contributed by atoms with Gasteiger partial charge < -0.3 is 9.64 Å². The molecule has 2 aromatic heterocycles. The number of rotatable bonds is 7. The third-order valence-electron chi connectivity index (χ3n) is 4.88. The largest absolute Gasteiger partial charge is 0.376 e. The summed E-state index contributed by atoms with van der Waals surface area (Å²) in [6.45, 7) is 2.10. The van der Waals surface area contributed by atoms with Crippen LogP contribution < -0.4 is 0 Å². The van der Waals surface area contributed by atoms with Crippen LogP contribution >= 0.6 is 0 Å². The molecule has 1 aliphatic heterocycles. The van der Waals surface area contributed by atoms with Gasteiger partial charge in [-0.1, -0.05) is 6.07 Å². The van der Waals surface area contributed by atoms with Crippen LogP contribution in [0.2, 0.25) is 0 Å². The van der Waals surface area contributed by atoms with E-state index in [1.165, 1.54) is 0 Å². The number of hydrogen-bond donors (Lipinski definition) is 0. The predicted molar refractivity (Wildman–Crippen MR) is 95.3 cm³/mol. The summed E-state index contributed by atoms with van der Waals surface area (Å²) in [4.78, 5) is 18.8. The molecule has 0 spiro atoms. The van der Waals surface area contributed by atoms with Gasteiger partial charge in [0.15, 0.2) is 0 Å². The Morgan fingerprint density at radius 2 is 2.26 bits per heavy atom. The van der Waals surface area contributed by atoms with E-state index >= 15 is 0 Å². The maximum absolute atomic E-state index is 13.1. The number of amides is 1. The van der Waals surface area contributed by atoms with Gasteiger partial charge >= 0.3 is 6.55 Å². The van der Waals surface area contributed by atoms with Crippen LogP contribution in [0.5, 0.6) is 0 Å². The van der Waals surface area contributed by atoms with Crippen LogP contribution in [0.3, 0.4) is 0 Å². The summed E-state index contributed by atoms with van der Waals surface area (Å²) in [5.41, 5.74) is 2.26. The van der Waals surface area contributed by atoms with E-state index in [0.29, 0.717) is 41.3 Å². The van der Waals surface area contributed by atoms with Gasteiger partial charge in [0.2, 0.25) is 5.91 Å². The average molecular weight is 378 g/mol. The number of pyridine rings is 1. The first-order valence-corrected chi connectivity index (χ1v) is 9.06. The summed E-state index contributed by atoms with van der Waals surface area (Å²) < 4.78 is 32.5. The van der Waals surface area contributed by atoms with Crippen LogP contribution in [0.1, 0.15) is 41.9 Å². The molecule has 6 nitrogen and oxygen atoms in total. The number of nitrogens with zero attached hydrogens (tertiary/aromatic N) is 4. The third-order valence-corrected chi connectivity index (χ3v) is 4.88. The molecule has 1 aliphatic rings. The normalized spacial score (nSPS) is 16.9. The zero-order valence-electron chi connectivity index (χ0n) is 15.6. The van der Waals surface area contributed by atoms with E-state index in [0.717, 1.165) is 18.4 Å². The van der Waals surface area contributed by atoms with E-state index in [9.17, 15) is 13.6 Å². The summed E-state index contributed by atoms with van der Waals surface area (Å²) in [5.74, 6) is -0.130. The Bertz CT molecular complexity index is 774. The van der Waals surface area contributed by atoms with Crippen LogP contribution in [0.25, 0.3) is 0 Å². The fourth-order valence-electron chi connectivity index (χ4n) is 3.41. The van der Waals surface area contributed by atoms with E-state index in [4.69, 9.17) is 4.74 Å². The van der Waals surface area contributed by atoms with Gasteiger partial charge in [0, 0.05) is 43.3 Å². The van der Waals surface area contributed by atoms with Crippen LogP contribution in [0.4, 0.5) is 8.78 Å². The van der Waals surface area contributed by atoms with Crippen molar-refractivity contribution in [2.75, 3.05) is 13.2 Å². The molecule has 0 N–H and O–H groups in total. The molecule has 1 saturated heterocycles. The topological polar surface area (TPSA) is 60.2 Å². The molecule has 27 heavy (non-hydrogen) atoms. The van der Waals surface area contributed by atoms with E-state index in [2.05, 4.69) is 10.1 Å². The maximum atomic E-state index is 13.1. The molecular formula is C19H24F2N4O2. The van der Waals surface area contributed by atoms with E-state index in [1.54, 1.807) is 31.1 Å². The summed E-state index contributed by atoms with van der Waals surface area (Å²) in [6, 6.07) is 3.74. The van der Waals surface area contributed by atoms with Crippen LogP contribution in [0, 0.1) is 13.8 Å². The van der Waals surface area contributed by atoms with Gasteiger partial charge in [-0.15, -0.1) is 0 Å². The van der Waals surface area contributed by atoms with Crippen molar-refractivity contribution in [2.45, 2.75) is 52.3 Å². The number of carbonyl (C=O) groups excluding carboxylic acids is 1. The molecule has 3 rings (SSSR count). The first-order valence-electron chi connectivity index (χ1n) is 9.06. The van der Waals surface area contributed by atoms with Gasteiger partial charge in [-0.05, 0) is 38.3 Å². The minimum atomic E-state index is -2.72. The lowest BCUT2D eigenvalue weighted by molar-refractivity contribution is -0.132. The quantitative estimate of drug-likeness (QED) is 0.743. The van der Waals surface area contributed by atoms with Crippen molar-refractivity contribution in [3.63, 3.8) is 0 Å². The molecule has 0 radical (unpaired) electrons. The average Bonchev–Trinajstić information content (AvgIpc) is 3.25. The van der Waals surface area contributed by atoms with Crippen LogP contribution in [-0.4, -0.2) is 44.8 Å². The Labute approximate surface area is 157 Å². The van der Waals surface area contributed by atoms with Crippen molar-refractivity contribution in [1.29, 1.82) is 0 Å². The van der Waals surface area contributed by atoms with Gasteiger partial charge in [-0.25, -0.2) is 4.68 Å². The number of aromatic nitrogens is 3. The predicted octanol–water partition coefficient (Wildman–Crippen LogP) is 3.04. The molecule has 8 heteroatoms. The highest BCUT2D eigenvalue weighted by Gasteiger charge is 2.25. The maximum Gasteiger partial charge on any atom is 0.333 e. The Morgan fingerprint density at radius 3 is 2.85 bits per heavy atom. The first-order chi connectivity index (χ1) is 13.0. The molecule has 2 aromatic rings. The number of carbonyl (C=O) groups is 1. The lowest BCUT2D eigenvalue weighted by atomic mass is 10.1. The highest BCUT2D eigenvalue weighted by atomic mass is 19.3. The van der Waals surface area contributed by atoms with Gasteiger partial charge in [0.1, 0.15) is 0 Å². The van der Waals surface area contributed by atoms with Crippen LogP contribution in [-0.2, 0) is 22.5 Å². The summed E-state index contributed by atoms with van der Waals surface area (Å²) >= 11 is 0. The number of hydrogen-bond acceptors (Lipinski definition) is 4. The molecule has 1 fully saturated rings. The Balaban J connectivity index is 1.77. The molecule has 0 aliphatic carbocycles. The minimum Gasteiger partial charge on any atom is -0.376 e. The van der Waals surface area contributed by atoms with Crippen molar-refractivity contribution in [1.82, 2.24) is 19.7 Å². The number of halogens is 2. The Hall–Kier alpha value is -2.35. The Morgan fingerprint density at radius 1 is 1.44 bits per heavy atom. The van der Waals surface area contributed by atoms with Crippen molar-refractivity contribution < 1.29 is 18.3 Å². The zero-order chi connectivity index (χ0) is 19.4. The van der Waals surface area contributed by atoms with Crippen molar-refractivity contribution in [3.8, 4) is 0 Å². The second-order valence-electron chi connectivity index (χ2n) is 6.82. The molecule has 1 unspecified atom stereocenters. The molecular weight excluding hydrogens is 354 g/mol. The number of ether oxygens (including phenoxy) is 1. The van der Waals surface area contributed by atoms with E-state index < -0.39 is 6.55 Å². The van der Waals surface area contributed by atoms with E-state index in [-0.39, 0.29) is 18.4 Å². The second-order valence-corrected chi connectivity index (χ2v) is 6.82. The fourth-order valence-corrected chi connectivity index (χ4v) is 3.41. The summed E-state index contributed by atoms with van der Waals surface area (Å²) in [6.07, 6.45) is 5.35. The standard InChI is InChI=1S/C19H24F2N4O2/c1-13-17(14(2)25(23-13)19(20)21)9-18(26)24(12-16-6-4-8-27-16)11-15-5-3-7-22-10-15/h3,5,7,10,16,19H,4,6,8-9,11-12H2,1-2H3. The highest BCUT2D eigenvalue weighted by molar-refractivity contribution is 5.79. The second kappa shape index (κ2) is 8.56. The van der Waals surface area contributed by atoms with Gasteiger partial charge in [-0.2, -0.15) is 13.9 Å². The fraction of sp³-hybridized carbons (Fsp3) is 0.526. The summed E-state index contributed by atoms with van der Waals surface area (Å²) in [5, 5.41) is 3.87. The van der Waals surface area contributed by atoms with Gasteiger partial charge in [0.25, 0.3) is 0 Å². The molecule has 3 heterocycles. The highest BCUT2D eigenvalue weighted by Crippen LogP contribution is 2.21. The number of alkyl halides is 2. The monoisotopic (exact) mass is 378 g/mol. The van der Waals surface area contributed by atoms with Crippen molar-refractivity contribution in [2.24, 2.45) is 0 Å². The van der Waals surface area contributed by atoms with Crippen LogP contribution in [0.15, 0.2) is 24.5 Å². The SMILES string of the molecule is Cc1nn(C(F)F)c(C)c1CC(=O)N(Cc1cccnc1)CC1CCCO1. The molecule has 0 bridgehead atoms.